The second-order valence-corrected chi connectivity index (χ2v) is 6.64. The second kappa shape index (κ2) is 5.58. The fourth-order valence-electron chi connectivity index (χ4n) is 2.35. The highest BCUT2D eigenvalue weighted by atomic mass is 32.2. The molecule has 0 amide bonds. The Morgan fingerprint density at radius 1 is 1.00 bits per heavy atom. The minimum atomic E-state index is -3.97. The normalized spacial score (nSPS) is 17.5. The molecule has 0 aliphatic carbocycles. The molecule has 2 aromatic rings. The summed E-state index contributed by atoms with van der Waals surface area (Å²) in [5, 5.41) is 0. The predicted octanol–water partition coefficient (Wildman–Crippen LogP) is 3.30. The Bertz CT molecular complexity index is 917. The van der Waals surface area contributed by atoms with E-state index in [-0.39, 0.29) is 21.8 Å². The van der Waals surface area contributed by atoms with E-state index in [1.165, 1.54) is 42.5 Å². The van der Waals surface area contributed by atoms with Crippen molar-refractivity contribution in [3.05, 3.63) is 64.6 Å². The maximum absolute atomic E-state index is 12.5. The lowest BCUT2D eigenvalue weighted by molar-refractivity contribution is -0.0499. The van der Waals surface area contributed by atoms with Crippen molar-refractivity contribution in [3.8, 4) is 5.75 Å². The molecule has 3 rings (SSSR count). The lowest BCUT2D eigenvalue weighted by atomic mass is 10.1. The fourth-order valence-corrected chi connectivity index (χ4v) is 3.93. The van der Waals surface area contributed by atoms with E-state index in [0.717, 1.165) is 6.08 Å². The van der Waals surface area contributed by atoms with Gasteiger partial charge in [0.1, 0.15) is 10.7 Å². The summed E-state index contributed by atoms with van der Waals surface area (Å²) in [6, 6.07) is 11.5. The van der Waals surface area contributed by atoms with E-state index in [9.17, 15) is 22.0 Å². The van der Waals surface area contributed by atoms with Gasteiger partial charge in [-0.05, 0) is 24.3 Å². The summed E-state index contributed by atoms with van der Waals surface area (Å²) in [5.74, 6) is -0.860. The summed E-state index contributed by atoms with van der Waals surface area (Å²) in [7, 11) is -3.97. The van der Waals surface area contributed by atoms with Crippen LogP contribution in [0.25, 0.3) is 6.08 Å². The summed E-state index contributed by atoms with van der Waals surface area (Å²) in [6.07, 6.45) is 1.06. The molecule has 2 aromatic carbocycles. The van der Waals surface area contributed by atoms with Gasteiger partial charge in [-0.1, -0.05) is 30.3 Å². The molecule has 4 nitrogen and oxygen atoms in total. The number of Topliss-reactive ketones (excluding diaryl/α,β-unsaturated/α-hetero) is 1. The number of ether oxygens (including phenoxy) is 1. The largest absolute Gasteiger partial charge is 0.434 e. The number of carbonyl (C=O) groups is 1. The molecule has 0 saturated heterocycles. The van der Waals surface area contributed by atoms with Crippen LogP contribution in [0.4, 0.5) is 8.78 Å². The molecule has 7 heteroatoms. The maximum Gasteiger partial charge on any atom is 0.387 e. The monoisotopic (exact) mass is 336 g/mol. The van der Waals surface area contributed by atoms with Gasteiger partial charge < -0.3 is 4.74 Å². The number of fused-ring (bicyclic) bond motifs is 1. The molecular formula is C16H10F2O4S. The lowest BCUT2D eigenvalue weighted by Crippen LogP contribution is -2.05. The number of ketones is 1. The minimum absolute atomic E-state index is 0.0750. The number of carbonyl (C=O) groups excluding carboxylic acids is 1. The third kappa shape index (κ3) is 2.63. The highest BCUT2D eigenvalue weighted by molar-refractivity contribution is 7.97. The Morgan fingerprint density at radius 3 is 2.35 bits per heavy atom. The highest BCUT2D eigenvalue weighted by Crippen LogP contribution is 2.36. The summed E-state index contributed by atoms with van der Waals surface area (Å²) in [4.78, 5) is 11.8. The van der Waals surface area contributed by atoms with Crippen LogP contribution < -0.4 is 4.74 Å². The number of alkyl halides is 2. The third-order valence-electron chi connectivity index (χ3n) is 3.36. The van der Waals surface area contributed by atoms with E-state index in [0.29, 0.717) is 0 Å². The highest BCUT2D eigenvalue weighted by Gasteiger charge is 2.38. The number of para-hydroxylation sites is 1. The number of benzene rings is 2. The van der Waals surface area contributed by atoms with E-state index >= 15 is 0 Å². The first-order valence-corrected chi connectivity index (χ1v) is 8.04. The lowest BCUT2D eigenvalue weighted by Gasteiger charge is -2.08. The van der Waals surface area contributed by atoms with Gasteiger partial charge in [-0.3, -0.25) is 4.79 Å². The van der Waals surface area contributed by atoms with Gasteiger partial charge >= 0.3 is 6.61 Å². The van der Waals surface area contributed by atoms with Crippen molar-refractivity contribution >= 4 is 21.7 Å². The zero-order valence-corrected chi connectivity index (χ0v) is 12.4. The van der Waals surface area contributed by atoms with Gasteiger partial charge in [0.2, 0.25) is 15.6 Å². The van der Waals surface area contributed by atoms with Crippen molar-refractivity contribution in [2.24, 2.45) is 0 Å². The number of hydrogen-bond donors (Lipinski definition) is 0. The van der Waals surface area contributed by atoms with Gasteiger partial charge in [0.05, 0.1) is 4.90 Å². The van der Waals surface area contributed by atoms with E-state index in [4.69, 9.17) is 0 Å². The second-order valence-electron chi connectivity index (χ2n) is 4.75. The van der Waals surface area contributed by atoms with Crippen LogP contribution in [0.3, 0.4) is 0 Å². The summed E-state index contributed by atoms with van der Waals surface area (Å²) < 4.78 is 54.1. The number of rotatable bonds is 3. The van der Waals surface area contributed by atoms with Crippen LogP contribution in [-0.2, 0) is 9.84 Å². The van der Waals surface area contributed by atoms with E-state index in [1.807, 2.05) is 0 Å². The van der Waals surface area contributed by atoms with Crippen LogP contribution in [-0.4, -0.2) is 20.8 Å². The Hall–Kier alpha value is -2.54. The first-order chi connectivity index (χ1) is 10.9. The molecule has 0 radical (unpaired) electrons. The summed E-state index contributed by atoms with van der Waals surface area (Å²) in [5.41, 5.74) is 0.165. The fraction of sp³-hybridized carbons (Fsp3) is 0.0625. The van der Waals surface area contributed by atoms with Gasteiger partial charge in [-0.25, -0.2) is 8.42 Å². The van der Waals surface area contributed by atoms with Crippen LogP contribution in [0.15, 0.2) is 58.3 Å². The molecule has 1 aliphatic rings. The van der Waals surface area contributed by atoms with Crippen molar-refractivity contribution in [3.63, 3.8) is 0 Å². The molecule has 0 unspecified atom stereocenters. The molecule has 0 fully saturated rings. The van der Waals surface area contributed by atoms with Crippen LogP contribution in [0.2, 0.25) is 0 Å². The first-order valence-electron chi connectivity index (χ1n) is 6.55. The van der Waals surface area contributed by atoms with E-state index < -0.39 is 27.1 Å². The van der Waals surface area contributed by atoms with E-state index in [2.05, 4.69) is 4.74 Å². The first kappa shape index (κ1) is 15.4. The molecule has 0 aromatic heterocycles. The van der Waals surface area contributed by atoms with E-state index in [1.54, 1.807) is 6.07 Å². The molecule has 0 bridgehead atoms. The molecule has 0 atom stereocenters. The Kier molecular flexibility index (Phi) is 3.73. The summed E-state index contributed by atoms with van der Waals surface area (Å²) >= 11 is 0. The molecule has 118 valence electrons. The Balaban J connectivity index is 2.14. The van der Waals surface area contributed by atoms with Crippen LogP contribution in [0, 0.1) is 0 Å². The number of sulfone groups is 1. The van der Waals surface area contributed by atoms with Crippen LogP contribution in [0.5, 0.6) is 5.75 Å². The van der Waals surface area contributed by atoms with Gasteiger partial charge in [0.15, 0.2) is 0 Å². The maximum atomic E-state index is 12.5. The molecular weight excluding hydrogens is 326 g/mol. The molecule has 0 saturated carbocycles. The van der Waals surface area contributed by atoms with Gasteiger partial charge in [0, 0.05) is 11.1 Å². The summed E-state index contributed by atoms with van der Waals surface area (Å²) in [6.45, 7) is -3.05. The predicted molar refractivity (Wildman–Crippen MR) is 79.0 cm³/mol. The standard InChI is InChI=1S/C16H10F2O4S/c17-16(18)22-12-7-3-1-5-10(12)9-14-15(19)11-6-2-4-8-13(11)23(14,20)21/h1-9,16H. The average Bonchev–Trinajstić information content (AvgIpc) is 2.70. The Labute approximate surface area is 130 Å². The van der Waals surface area contributed by atoms with Crippen molar-refractivity contribution < 1.29 is 26.7 Å². The molecule has 0 spiro atoms. The third-order valence-corrected chi connectivity index (χ3v) is 5.17. The number of halogens is 2. The topological polar surface area (TPSA) is 60.4 Å². The zero-order chi connectivity index (χ0) is 16.6. The van der Waals surface area contributed by atoms with Crippen molar-refractivity contribution in [1.29, 1.82) is 0 Å². The van der Waals surface area contributed by atoms with Crippen LogP contribution in [0.1, 0.15) is 15.9 Å². The van der Waals surface area contributed by atoms with Gasteiger partial charge in [0.25, 0.3) is 0 Å². The van der Waals surface area contributed by atoms with Crippen molar-refractivity contribution in [2.75, 3.05) is 0 Å². The van der Waals surface area contributed by atoms with Crippen molar-refractivity contribution in [1.82, 2.24) is 0 Å². The molecule has 1 aliphatic heterocycles. The number of allylic oxidation sites excluding steroid dienone is 1. The zero-order valence-electron chi connectivity index (χ0n) is 11.6. The molecule has 1 heterocycles. The minimum Gasteiger partial charge on any atom is -0.434 e. The smallest absolute Gasteiger partial charge is 0.387 e. The van der Waals surface area contributed by atoms with Gasteiger partial charge in [-0.15, -0.1) is 0 Å². The Morgan fingerprint density at radius 2 is 1.65 bits per heavy atom. The average molecular weight is 336 g/mol. The number of hydrogen-bond acceptors (Lipinski definition) is 4. The quantitative estimate of drug-likeness (QED) is 0.807. The van der Waals surface area contributed by atoms with Crippen LogP contribution >= 0.6 is 0 Å². The SMILES string of the molecule is O=C1C(=Cc2ccccc2OC(F)F)S(=O)(=O)c2ccccc21. The molecule has 0 N–H and O–H groups in total. The van der Waals surface area contributed by atoms with Gasteiger partial charge in [-0.2, -0.15) is 8.78 Å². The molecule has 23 heavy (non-hydrogen) atoms. The van der Waals surface area contributed by atoms with Crippen molar-refractivity contribution in [2.45, 2.75) is 11.5 Å².